The molecule has 1 N–H and O–H groups in total. The lowest BCUT2D eigenvalue weighted by atomic mass is 10.1. The van der Waals surface area contributed by atoms with Crippen molar-refractivity contribution in [1.82, 2.24) is 4.90 Å². The molecule has 0 bridgehead atoms. The number of phenolic OH excluding ortho intramolecular Hbond substituents is 1. The lowest BCUT2D eigenvalue weighted by molar-refractivity contribution is -0.0260. The third-order valence-corrected chi connectivity index (χ3v) is 4.01. The quantitative estimate of drug-likeness (QED) is 0.926. The van der Waals surface area contributed by atoms with Gasteiger partial charge in [0.25, 0.3) is 0 Å². The van der Waals surface area contributed by atoms with Crippen LogP contribution in [-0.4, -0.2) is 36.2 Å². The van der Waals surface area contributed by atoms with Gasteiger partial charge in [0.05, 0.1) is 12.7 Å². The molecular weight excluding hydrogens is 312 g/mol. The molecule has 3 nitrogen and oxygen atoms in total. The van der Waals surface area contributed by atoms with E-state index >= 15 is 0 Å². The summed E-state index contributed by atoms with van der Waals surface area (Å²) in [5.41, 5.74) is 1.58. The van der Waals surface area contributed by atoms with E-state index in [1.165, 1.54) is 6.07 Å². The van der Waals surface area contributed by atoms with Gasteiger partial charge in [-0.3, -0.25) is 4.90 Å². The topological polar surface area (TPSA) is 32.7 Å². The first kappa shape index (κ1) is 16.6. The summed E-state index contributed by atoms with van der Waals surface area (Å²) in [5, 5.41) is 9.58. The van der Waals surface area contributed by atoms with E-state index in [9.17, 15) is 13.9 Å². The summed E-state index contributed by atoms with van der Waals surface area (Å²) in [7, 11) is 0. The van der Waals surface area contributed by atoms with Crippen molar-refractivity contribution in [3.63, 3.8) is 0 Å². The Labute approximate surface area is 139 Å². The van der Waals surface area contributed by atoms with E-state index in [1.54, 1.807) is 30.3 Å². The van der Waals surface area contributed by atoms with Gasteiger partial charge in [0.1, 0.15) is 5.75 Å². The second-order valence-electron chi connectivity index (χ2n) is 5.79. The van der Waals surface area contributed by atoms with Gasteiger partial charge in [0.2, 0.25) is 0 Å². The molecule has 24 heavy (non-hydrogen) atoms. The number of hydrogen-bond acceptors (Lipinski definition) is 3. The largest absolute Gasteiger partial charge is 0.508 e. The minimum atomic E-state index is -0.840. The highest BCUT2D eigenvalue weighted by atomic mass is 19.2. The molecule has 1 aliphatic rings. The Balaban J connectivity index is 1.59. The number of aromatic hydroxyl groups is 1. The summed E-state index contributed by atoms with van der Waals surface area (Å²) >= 11 is 0. The van der Waals surface area contributed by atoms with E-state index in [0.717, 1.165) is 18.2 Å². The molecule has 1 atom stereocenters. The predicted octanol–water partition coefficient (Wildman–Crippen LogP) is 3.76. The summed E-state index contributed by atoms with van der Waals surface area (Å²) in [6.45, 7) is 2.82. The van der Waals surface area contributed by atoms with Crippen LogP contribution in [-0.2, 0) is 4.74 Å². The SMILES string of the molecule is Oc1cccc(C2CN(C/C=C/c3ccc(F)c(F)c3)CCO2)c1. The van der Waals surface area contributed by atoms with Crippen molar-refractivity contribution < 1.29 is 18.6 Å². The maximum absolute atomic E-state index is 13.2. The Kier molecular flexibility index (Phi) is 5.23. The van der Waals surface area contributed by atoms with Crippen molar-refractivity contribution in [2.24, 2.45) is 0 Å². The van der Waals surface area contributed by atoms with Gasteiger partial charge >= 0.3 is 0 Å². The Hall–Kier alpha value is -2.24. The summed E-state index contributed by atoms with van der Waals surface area (Å²) in [6, 6.07) is 10.9. The van der Waals surface area contributed by atoms with Crippen LogP contribution >= 0.6 is 0 Å². The second kappa shape index (κ2) is 7.55. The molecule has 0 aromatic heterocycles. The van der Waals surface area contributed by atoms with Crippen molar-refractivity contribution in [1.29, 1.82) is 0 Å². The number of morpholine rings is 1. The van der Waals surface area contributed by atoms with Crippen LogP contribution in [0.1, 0.15) is 17.2 Å². The average Bonchev–Trinajstić information content (AvgIpc) is 2.58. The second-order valence-corrected chi connectivity index (χ2v) is 5.79. The molecule has 0 saturated carbocycles. The van der Waals surface area contributed by atoms with E-state index in [1.807, 2.05) is 12.1 Å². The Morgan fingerprint density at radius 1 is 1.17 bits per heavy atom. The zero-order valence-corrected chi connectivity index (χ0v) is 13.2. The molecule has 1 fully saturated rings. The monoisotopic (exact) mass is 331 g/mol. The summed E-state index contributed by atoms with van der Waals surface area (Å²) in [6.07, 6.45) is 3.63. The van der Waals surface area contributed by atoms with Gasteiger partial charge in [-0.1, -0.05) is 30.4 Å². The molecule has 1 saturated heterocycles. The van der Waals surface area contributed by atoms with Crippen molar-refractivity contribution in [3.8, 4) is 5.75 Å². The highest BCUT2D eigenvalue weighted by Gasteiger charge is 2.21. The first-order valence-electron chi connectivity index (χ1n) is 7.86. The van der Waals surface area contributed by atoms with Crippen LogP contribution in [0.4, 0.5) is 8.78 Å². The van der Waals surface area contributed by atoms with Crippen molar-refractivity contribution in [3.05, 3.63) is 71.3 Å². The third kappa shape index (κ3) is 4.19. The van der Waals surface area contributed by atoms with Crippen molar-refractivity contribution in [2.75, 3.05) is 26.2 Å². The van der Waals surface area contributed by atoms with E-state index < -0.39 is 11.6 Å². The first-order chi connectivity index (χ1) is 11.6. The lowest BCUT2D eigenvalue weighted by Crippen LogP contribution is -2.38. The molecule has 1 heterocycles. The standard InChI is InChI=1S/C19H19F2NO2/c20-17-7-6-14(11-18(17)21)3-2-8-22-9-10-24-19(13-22)15-4-1-5-16(23)12-15/h1-7,11-12,19,23H,8-10,13H2/b3-2+. The van der Waals surface area contributed by atoms with Gasteiger partial charge in [0.15, 0.2) is 11.6 Å². The van der Waals surface area contributed by atoms with E-state index in [0.29, 0.717) is 25.3 Å². The summed E-state index contributed by atoms with van der Waals surface area (Å²) in [4.78, 5) is 2.22. The van der Waals surface area contributed by atoms with Gasteiger partial charge < -0.3 is 9.84 Å². The fraction of sp³-hybridized carbons (Fsp3) is 0.263. The molecule has 2 aromatic carbocycles. The lowest BCUT2D eigenvalue weighted by Gasteiger charge is -2.32. The third-order valence-electron chi connectivity index (χ3n) is 4.01. The molecule has 2 aromatic rings. The maximum atomic E-state index is 13.2. The molecular formula is C19H19F2NO2. The molecule has 0 amide bonds. The summed E-state index contributed by atoms with van der Waals surface area (Å²) in [5.74, 6) is -1.45. The van der Waals surface area contributed by atoms with Crippen LogP contribution in [0.25, 0.3) is 6.08 Å². The van der Waals surface area contributed by atoms with Gasteiger partial charge in [-0.2, -0.15) is 0 Å². The van der Waals surface area contributed by atoms with E-state index in [2.05, 4.69) is 4.90 Å². The number of phenols is 1. The maximum Gasteiger partial charge on any atom is 0.159 e. The zero-order chi connectivity index (χ0) is 16.9. The van der Waals surface area contributed by atoms with E-state index in [4.69, 9.17) is 4.74 Å². The fourth-order valence-corrected chi connectivity index (χ4v) is 2.75. The van der Waals surface area contributed by atoms with Gasteiger partial charge in [-0.25, -0.2) is 8.78 Å². The molecule has 0 spiro atoms. The number of rotatable bonds is 4. The van der Waals surface area contributed by atoms with Crippen LogP contribution < -0.4 is 0 Å². The van der Waals surface area contributed by atoms with Gasteiger partial charge in [-0.15, -0.1) is 0 Å². The normalized spacial score (nSPS) is 19.0. The Morgan fingerprint density at radius 2 is 2.04 bits per heavy atom. The highest BCUT2D eigenvalue weighted by molar-refractivity contribution is 5.49. The minimum Gasteiger partial charge on any atom is -0.508 e. The first-order valence-corrected chi connectivity index (χ1v) is 7.86. The Bertz CT molecular complexity index is 733. The molecule has 0 radical (unpaired) electrons. The van der Waals surface area contributed by atoms with Gasteiger partial charge in [0, 0.05) is 19.6 Å². The molecule has 0 aliphatic carbocycles. The number of hydrogen-bond donors (Lipinski definition) is 1. The predicted molar refractivity (Wildman–Crippen MR) is 88.6 cm³/mol. The fourth-order valence-electron chi connectivity index (χ4n) is 2.75. The molecule has 1 unspecified atom stereocenters. The Morgan fingerprint density at radius 3 is 2.83 bits per heavy atom. The van der Waals surface area contributed by atoms with Crippen LogP contribution in [0.5, 0.6) is 5.75 Å². The van der Waals surface area contributed by atoms with Crippen LogP contribution in [0.2, 0.25) is 0 Å². The number of benzene rings is 2. The molecule has 3 rings (SSSR count). The van der Waals surface area contributed by atoms with Crippen molar-refractivity contribution in [2.45, 2.75) is 6.10 Å². The molecule has 126 valence electrons. The zero-order valence-electron chi connectivity index (χ0n) is 13.2. The average molecular weight is 331 g/mol. The minimum absolute atomic E-state index is 0.0810. The summed E-state index contributed by atoms with van der Waals surface area (Å²) < 4.78 is 31.9. The van der Waals surface area contributed by atoms with Crippen LogP contribution in [0, 0.1) is 11.6 Å². The van der Waals surface area contributed by atoms with Gasteiger partial charge in [-0.05, 0) is 35.4 Å². The van der Waals surface area contributed by atoms with E-state index in [-0.39, 0.29) is 11.9 Å². The number of nitrogens with zero attached hydrogens (tertiary/aromatic N) is 1. The highest BCUT2D eigenvalue weighted by Crippen LogP contribution is 2.24. The van der Waals surface area contributed by atoms with Crippen LogP contribution in [0.15, 0.2) is 48.5 Å². The smallest absolute Gasteiger partial charge is 0.159 e. The number of ether oxygens (including phenoxy) is 1. The van der Waals surface area contributed by atoms with Crippen LogP contribution in [0.3, 0.4) is 0 Å². The number of halogens is 2. The van der Waals surface area contributed by atoms with Crippen molar-refractivity contribution >= 4 is 6.08 Å². The molecule has 1 aliphatic heterocycles. The molecule has 5 heteroatoms.